The maximum Gasteiger partial charge on any atom is 0.120 e. The number of nitrogens with one attached hydrogen (secondary N) is 1. The molecule has 0 spiro atoms. The summed E-state index contributed by atoms with van der Waals surface area (Å²) in [6.07, 6.45) is 1.69. The van der Waals surface area contributed by atoms with Crippen LogP contribution in [0.15, 0.2) is 16.7 Å². The molecule has 1 aromatic rings. The van der Waals surface area contributed by atoms with Crippen molar-refractivity contribution in [2.24, 2.45) is 5.92 Å². The van der Waals surface area contributed by atoms with Crippen LogP contribution in [0.4, 0.5) is 0 Å². The lowest BCUT2D eigenvalue weighted by molar-refractivity contribution is 0.207. The summed E-state index contributed by atoms with van der Waals surface area (Å²) < 4.78 is 5.29. The van der Waals surface area contributed by atoms with E-state index in [-0.39, 0.29) is 12.6 Å². The molecule has 80 valence electrons. The number of furan rings is 1. The molecule has 0 aliphatic heterocycles. The minimum absolute atomic E-state index is 0.138. The van der Waals surface area contributed by atoms with Crippen LogP contribution in [-0.4, -0.2) is 17.8 Å². The Morgan fingerprint density at radius 2 is 2.21 bits per heavy atom. The first kappa shape index (κ1) is 11.3. The summed E-state index contributed by atoms with van der Waals surface area (Å²) in [7, 11) is 0. The van der Waals surface area contributed by atoms with Gasteiger partial charge in [0.1, 0.15) is 5.76 Å². The molecule has 0 aromatic carbocycles. The van der Waals surface area contributed by atoms with Crippen molar-refractivity contribution in [1.29, 1.82) is 0 Å². The van der Waals surface area contributed by atoms with E-state index >= 15 is 0 Å². The maximum atomic E-state index is 9.10. The van der Waals surface area contributed by atoms with Gasteiger partial charge in [-0.3, -0.25) is 0 Å². The van der Waals surface area contributed by atoms with Crippen LogP contribution in [0.2, 0.25) is 0 Å². The molecule has 1 aromatic heterocycles. The molecule has 1 atom stereocenters. The number of aliphatic hydroxyl groups is 1. The Bertz CT molecular complexity index is 268. The Hall–Kier alpha value is -0.800. The van der Waals surface area contributed by atoms with Crippen molar-refractivity contribution in [3.05, 3.63) is 23.7 Å². The highest BCUT2D eigenvalue weighted by Gasteiger charge is 2.12. The Morgan fingerprint density at radius 3 is 2.64 bits per heavy atom. The molecule has 0 fully saturated rings. The summed E-state index contributed by atoms with van der Waals surface area (Å²) in [6, 6.07) is 2.08. The van der Waals surface area contributed by atoms with Gasteiger partial charge in [0.2, 0.25) is 0 Å². The second-order valence-corrected chi connectivity index (χ2v) is 3.94. The van der Waals surface area contributed by atoms with Crippen LogP contribution >= 0.6 is 0 Å². The lowest BCUT2D eigenvalue weighted by Crippen LogP contribution is -2.36. The lowest BCUT2D eigenvalue weighted by Gasteiger charge is -2.19. The highest BCUT2D eigenvalue weighted by Crippen LogP contribution is 2.09. The monoisotopic (exact) mass is 197 g/mol. The second-order valence-electron chi connectivity index (χ2n) is 3.94. The fourth-order valence-corrected chi connectivity index (χ4v) is 1.32. The predicted molar refractivity (Wildman–Crippen MR) is 56.0 cm³/mol. The molecule has 0 radical (unpaired) electrons. The van der Waals surface area contributed by atoms with Gasteiger partial charge in [0.05, 0.1) is 19.4 Å². The third kappa shape index (κ3) is 2.86. The van der Waals surface area contributed by atoms with Gasteiger partial charge < -0.3 is 14.8 Å². The van der Waals surface area contributed by atoms with Gasteiger partial charge in [-0.25, -0.2) is 0 Å². The second kappa shape index (κ2) is 5.17. The topological polar surface area (TPSA) is 45.4 Å². The van der Waals surface area contributed by atoms with Gasteiger partial charge in [-0.1, -0.05) is 13.8 Å². The van der Waals surface area contributed by atoms with E-state index in [1.807, 2.05) is 13.0 Å². The predicted octanol–water partition coefficient (Wildman–Crippen LogP) is 1.69. The third-order valence-corrected chi connectivity index (χ3v) is 2.49. The molecule has 0 saturated carbocycles. The SMILES string of the molecule is Cc1ccoc1CN[C@H](CO)C(C)C. The van der Waals surface area contributed by atoms with Crippen molar-refractivity contribution >= 4 is 0 Å². The summed E-state index contributed by atoms with van der Waals surface area (Å²) in [4.78, 5) is 0. The average molecular weight is 197 g/mol. The highest BCUT2D eigenvalue weighted by molar-refractivity contribution is 5.14. The molecule has 3 nitrogen and oxygen atoms in total. The molecule has 1 rings (SSSR count). The van der Waals surface area contributed by atoms with Crippen molar-refractivity contribution in [3.63, 3.8) is 0 Å². The Balaban J connectivity index is 2.43. The van der Waals surface area contributed by atoms with Gasteiger partial charge in [-0.2, -0.15) is 0 Å². The summed E-state index contributed by atoms with van der Waals surface area (Å²) in [5.74, 6) is 1.37. The molecule has 0 aliphatic carbocycles. The smallest absolute Gasteiger partial charge is 0.120 e. The molecular formula is C11H19NO2. The molecule has 0 saturated heterocycles. The van der Waals surface area contributed by atoms with Crippen LogP contribution in [0.1, 0.15) is 25.2 Å². The van der Waals surface area contributed by atoms with Crippen LogP contribution in [0.3, 0.4) is 0 Å². The Morgan fingerprint density at radius 1 is 1.50 bits per heavy atom. The maximum absolute atomic E-state index is 9.10. The standard InChI is InChI=1S/C11H19NO2/c1-8(2)10(7-13)12-6-11-9(3)4-5-14-11/h4-5,8,10,12-13H,6-7H2,1-3H3/t10-/m1/s1. The van der Waals surface area contributed by atoms with E-state index < -0.39 is 0 Å². The molecule has 3 heteroatoms. The van der Waals surface area contributed by atoms with E-state index in [1.54, 1.807) is 6.26 Å². The molecule has 0 aliphatic rings. The first-order valence-corrected chi connectivity index (χ1v) is 5.02. The van der Waals surface area contributed by atoms with Crippen LogP contribution < -0.4 is 5.32 Å². The van der Waals surface area contributed by atoms with E-state index in [4.69, 9.17) is 9.52 Å². The molecule has 1 heterocycles. The van der Waals surface area contributed by atoms with Gasteiger partial charge in [-0.15, -0.1) is 0 Å². The lowest BCUT2D eigenvalue weighted by atomic mass is 10.1. The zero-order chi connectivity index (χ0) is 10.6. The number of aliphatic hydroxyl groups excluding tert-OH is 1. The number of hydrogen-bond acceptors (Lipinski definition) is 3. The average Bonchev–Trinajstić information content (AvgIpc) is 2.52. The number of hydrogen-bond donors (Lipinski definition) is 2. The zero-order valence-electron chi connectivity index (χ0n) is 9.08. The Kier molecular flexibility index (Phi) is 4.17. The largest absolute Gasteiger partial charge is 0.468 e. The van der Waals surface area contributed by atoms with Gasteiger partial charge in [0, 0.05) is 6.04 Å². The summed E-state index contributed by atoms with van der Waals surface area (Å²) >= 11 is 0. The Labute approximate surface area is 85.1 Å². The van der Waals surface area contributed by atoms with E-state index in [2.05, 4.69) is 19.2 Å². The molecule has 0 amide bonds. The fraction of sp³-hybridized carbons (Fsp3) is 0.636. The molecular weight excluding hydrogens is 178 g/mol. The van der Waals surface area contributed by atoms with Crippen molar-refractivity contribution in [2.45, 2.75) is 33.4 Å². The quantitative estimate of drug-likeness (QED) is 0.755. The van der Waals surface area contributed by atoms with Crippen LogP contribution in [-0.2, 0) is 6.54 Å². The third-order valence-electron chi connectivity index (χ3n) is 2.49. The van der Waals surface area contributed by atoms with Crippen molar-refractivity contribution in [2.75, 3.05) is 6.61 Å². The first-order chi connectivity index (χ1) is 6.65. The zero-order valence-corrected chi connectivity index (χ0v) is 9.08. The van der Waals surface area contributed by atoms with Gasteiger partial charge in [-0.05, 0) is 24.5 Å². The van der Waals surface area contributed by atoms with E-state index in [0.717, 1.165) is 11.3 Å². The van der Waals surface area contributed by atoms with Crippen molar-refractivity contribution < 1.29 is 9.52 Å². The minimum Gasteiger partial charge on any atom is -0.468 e. The first-order valence-electron chi connectivity index (χ1n) is 5.02. The van der Waals surface area contributed by atoms with E-state index in [9.17, 15) is 0 Å². The van der Waals surface area contributed by atoms with Crippen molar-refractivity contribution in [3.8, 4) is 0 Å². The highest BCUT2D eigenvalue weighted by atomic mass is 16.3. The summed E-state index contributed by atoms with van der Waals surface area (Å²) in [5, 5.41) is 12.4. The van der Waals surface area contributed by atoms with Crippen molar-refractivity contribution in [1.82, 2.24) is 5.32 Å². The number of rotatable bonds is 5. The molecule has 0 bridgehead atoms. The number of aryl methyl sites for hydroxylation is 1. The van der Waals surface area contributed by atoms with Gasteiger partial charge >= 0.3 is 0 Å². The van der Waals surface area contributed by atoms with Crippen LogP contribution in [0.25, 0.3) is 0 Å². The fourth-order valence-electron chi connectivity index (χ4n) is 1.32. The summed E-state index contributed by atoms with van der Waals surface area (Å²) in [6.45, 7) is 7.04. The van der Waals surface area contributed by atoms with E-state index in [0.29, 0.717) is 12.5 Å². The molecule has 0 unspecified atom stereocenters. The van der Waals surface area contributed by atoms with Gasteiger partial charge in [0.25, 0.3) is 0 Å². The van der Waals surface area contributed by atoms with E-state index in [1.165, 1.54) is 0 Å². The normalized spacial score (nSPS) is 13.5. The van der Waals surface area contributed by atoms with Crippen LogP contribution in [0.5, 0.6) is 0 Å². The van der Waals surface area contributed by atoms with Crippen LogP contribution in [0, 0.1) is 12.8 Å². The molecule has 14 heavy (non-hydrogen) atoms. The summed E-state index contributed by atoms with van der Waals surface area (Å²) in [5.41, 5.74) is 1.15. The van der Waals surface area contributed by atoms with Gasteiger partial charge in [0.15, 0.2) is 0 Å². The molecule has 2 N–H and O–H groups in total. The minimum atomic E-state index is 0.138.